The van der Waals surface area contributed by atoms with Gasteiger partial charge in [0.1, 0.15) is 11.5 Å². The number of likely N-dealkylation sites (tertiary alicyclic amines) is 1. The zero-order valence-corrected chi connectivity index (χ0v) is 15.0. The van der Waals surface area contributed by atoms with E-state index in [0.29, 0.717) is 23.5 Å². The summed E-state index contributed by atoms with van der Waals surface area (Å²) in [6.45, 7) is 2.11. The molecule has 1 amide bonds. The summed E-state index contributed by atoms with van der Waals surface area (Å²) < 4.78 is 5.43. The number of rotatable bonds is 6. The highest BCUT2D eigenvalue weighted by Crippen LogP contribution is 2.39. The number of aliphatic hydroxyl groups is 2. The van der Waals surface area contributed by atoms with Gasteiger partial charge in [-0.25, -0.2) is 0 Å². The van der Waals surface area contributed by atoms with E-state index in [0.717, 1.165) is 0 Å². The number of aliphatic hydroxyl groups excluding tert-OH is 2. The minimum Gasteiger partial charge on any atom is -0.507 e. The first-order valence-corrected chi connectivity index (χ1v) is 8.76. The van der Waals surface area contributed by atoms with Crippen LogP contribution in [-0.4, -0.2) is 46.6 Å². The Morgan fingerprint density at radius 1 is 1.07 bits per heavy atom. The molecule has 1 aliphatic heterocycles. The van der Waals surface area contributed by atoms with E-state index in [2.05, 4.69) is 0 Å². The summed E-state index contributed by atoms with van der Waals surface area (Å²) in [7, 11) is 0. The molecule has 1 atom stereocenters. The van der Waals surface area contributed by atoms with Crippen LogP contribution in [0, 0.1) is 0 Å². The summed E-state index contributed by atoms with van der Waals surface area (Å²) in [5.74, 6) is -1.05. The van der Waals surface area contributed by atoms with E-state index in [9.17, 15) is 19.8 Å². The first-order chi connectivity index (χ1) is 13.1. The first-order valence-electron chi connectivity index (χ1n) is 8.76. The number of β-amino-alcohol motifs (C(OH)–C–C–N with tert-alkyl or cyclic N) is 1. The number of nitrogens with zero attached hydrogens (tertiary/aromatic N) is 1. The summed E-state index contributed by atoms with van der Waals surface area (Å²) in [5.41, 5.74) is 1.13. The van der Waals surface area contributed by atoms with Crippen molar-refractivity contribution in [1.29, 1.82) is 0 Å². The molecule has 27 heavy (non-hydrogen) atoms. The van der Waals surface area contributed by atoms with Crippen molar-refractivity contribution < 1.29 is 24.5 Å². The third-order valence-electron chi connectivity index (χ3n) is 4.43. The molecule has 2 aromatic carbocycles. The molecule has 140 valence electrons. The van der Waals surface area contributed by atoms with Gasteiger partial charge in [-0.05, 0) is 24.6 Å². The van der Waals surface area contributed by atoms with Gasteiger partial charge in [-0.3, -0.25) is 9.59 Å². The van der Waals surface area contributed by atoms with Crippen LogP contribution < -0.4 is 4.74 Å². The number of carbonyl (C=O) groups excluding carboxylic acids is 2. The lowest BCUT2D eigenvalue weighted by atomic mass is 9.95. The zero-order chi connectivity index (χ0) is 19.4. The number of ether oxygens (including phenoxy) is 1. The van der Waals surface area contributed by atoms with Crippen molar-refractivity contribution in [1.82, 2.24) is 4.90 Å². The first kappa shape index (κ1) is 18.7. The number of Topliss-reactive ketones (excluding diaryl/α,β-unsaturated/α-hetero) is 1. The van der Waals surface area contributed by atoms with E-state index < -0.39 is 17.7 Å². The van der Waals surface area contributed by atoms with E-state index in [1.807, 2.05) is 6.92 Å². The van der Waals surface area contributed by atoms with Gasteiger partial charge in [-0.15, -0.1) is 0 Å². The van der Waals surface area contributed by atoms with Crippen LogP contribution in [0.1, 0.15) is 24.1 Å². The van der Waals surface area contributed by atoms with Gasteiger partial charge in [-0.2, -0.15) is 0 Å². The molecule has 6 nitrogen and oxygen atoms in total. The van der Waals surface area contributed by atoms with Gasteiger partial charge in [0.2, 0.25) is 0 Å². The molecule has 6 heteroatoms. The number of hydrogen-bond acceptors (Lipinski definition) is 5. The number of amides is 1. The van der Waals surface area contributed by atoms with Gasteiger partial charge in [0.05, 0.1) is 24.8 Å². The van der Waals surface area contributed by atoms with Crippen molar-refractivity contribution >= 4 is 17.4 Å². The summed E-state index contributed by atoms with van der Waals surface area (Å²) in [4.78, 5) is 26.4. The third-order valence-corrected chi connectivity index (χ3v) is 4.43. The predicted molar refractivity (Wildman–Crippen MR) is 100 cm³/mol. The minimum atomic E-state index is -0.770. The second kappa shape index (κ2) is 8.05. The Hall–Kier alpha value is -3.12. The van der Waals surface area contributed by atoms with Gasteiger partial charge in [0.25, 0.3) is 11.7 Å². The zero-order valence-electron chi connectivity index (χ0n) is 15.0. The molecule has 0 saturated carbocycles. The number of ketones is 1. The fourth-order valence-corrected chi connectivity index (χ4v) is 3.23. The van der Waals surface area contributed by atoms with Crippen LogP contribution in [0.15, 0.2) is 60.2 Å². The van der Waals surface area contributed by atoms with E-state index in [4.69, 9.17) is 4.74 Å². The molecule has 0 aliphatic carbocycles. The van der Waals surface area contributed by atoms with Crippen LogP contribution in [0.4, 0.5) is 0 Å². The maximum Gasteiger partial charge on any atom is 0.295 e. The lowest BCUT2D eigenvalue weighted by molar-refractivity contribution is -0.140. The number of benzene rings is 2. The van der Waals surface area contributed by atoms with E-state index in [1.165, 1.54) is 4.90 Å². The highest BCUT2D eigenvalue weighted by Gasteiger charge is 2.45. The largest absolute Gasteiger partial charge is 0.507 e. The van der Waals surface area contributed by atoms with Crippen LogP contribution in [0.25, 0.3) is 5.76 Å². The smallest absolute Gasteiger partial charge is 0.295 e. The molecular weight excluding hydrogens is 346 g/mol. The fraction of sp³-hybridized carbons (Fsp3) is 0.238. The fourth-order valence-electron chi connectivity index (χ4n) is 3.23. The lowest BCUT2D eigenvalue weighted by Gasteiger charge is -2.24. The van der Waals surface area contributed by atoms with Crippen LogP contribution >= 0.6 is 0 Å². The van der Waals surface area contributed by atoms with Crippen molar-refractivity contribution in [3.8, 4) is 5.75 Å². The van der Waals surface area contributed by atoms with Gasteiger partial charge in [0, 0.05) is 12.1 Å². The van der Waals surface area contributed by atoms with Crippen LogP contribution in [0.2, 0.25) is 0 Å². The highest BCUT2D eigenvalue weighted by molar-refractivity contribution is 6.46. The molecule has 1 fully saturated rings. The lowest BCUT2D eigenvalue weighted by Crippen LogP contribution is -2.32. The molecule has 1 heterocycles. The molecule has 0 spiro atoms. The molecular formula is C21H21NO5. The average Bonchev–Trinajstić information content (AvgIpc) is 2.94. The molecule has 1 aliphatic rings. The Balaban J connectivity index is 2.11. The van der Waals surface area contributed by atoms with E-state index in [-0.39, 0.29) is 24.5 Å². The van der Waals surface area contributed by atoms with Crippen molar-refractivity contribution in [3.05, 3.63) is 71.3 Å². The quantitative estimate of drug-likeness (QED) is 0.465. The van der Waals surface area contributed by atoms with Crippen LogP contribution in [0.5, 0.6) is 5.75 Å². The summed E-state index contributed by atoms with van der Waals surface area (Å²) in [6.07, 6.45) is 0. The van der Waals surface area contributed by atoms with Gasteiger partial charge in [-0.1, -0.05) is 42.5 Å². The molecule has 2 N–H and O–H groups in total. The Morgan fingerprint density at radius 3 is 2.33 bits per heavy atom. The SMILES string of the molecule is CCOc1ccc(C2C(=C(O)c3ccccc3)C(=O)C(=O)N2CCO)cc1. The monoisotopic (exact) mass is 367 g/mol. The normalized spacial score (nSPS) is 18.7. The highest BCUT2D eigenvalue weighted by atomic mass is 16.5. The summed E-state index contributed by atoms with van der Waals surface area (Å²) in [5, 5.41) is 20.1. The minimum absolute atomic E-state index is 0.00593. The second-order valence-corrected chi connectivity index (χ2v) is 6.08. The van der Waals surface area contributed by atoms with E-state index >= 15 is 0 Å². The van der Waals surface area contributed by atoms with Gasteiger partial charge >= 0.3 is 0 Å². The Labute approximate surface area is 157 Å². The van der Waals surface area contributed by atoms with Crippen molar-refractivity contribution in [2.24, 2.45) is 0 Å². The van der Waals surface area contributed by atoms with Crippen molar-refractivity contribution in [2.75, 3.05) is 19.8 Å². The predicted octanol–water partition coefficient (Wildman–Crippen LogP) is 2.50. The maximum atomic E-state index is 12.6. The molecule has 1 saturated heterocycles. The second-order valence-electron chi connectivity index (χ2n) is 6.08. The Morgan fingerprint density at radius 2 is 1.74 bits per heavy atom. The van der Waals surface area contributed by atoms with Crippen molar-refractivity contribution in [3.63, 3.8) is 0 Å². The van der Waals surface area contributed by atoms with Gasteiger partial charge < -0.3 is 19.8 Å². The molecule has 3 rings (SSSR count). The Bertz CT molecular complexity index is 858. The van der Waals surface area contributed by atoms with E-state index in [1.54, 1.807) is 54.6 Å². The summed E-state index contributed by atoms with van der Waals surface area (Å²) >= 11 is 0. The number of hydrogen-bond donors (Lipinski definition) is 2. The van der Waals surface area contributed by atoms with Gasteiger partial charge in [0.15, 0.2) is 0 Å². The topological polar surface area (TPSA) is 87.1 Å². The standard InChI is InChI=1S/C21H21NO5/c1-2-27-16-10-8-14(9-11-16)18-17(19(24)15-6-4-3-5-7-15)20(25)21(26)22(18)12-13-23/h3-11,18,23-24H,2,12-13H2,1H3. The maximum absolute atomic E-state index is 12.6. The third kappa shape index (κ3) is 3.57. The van der Waals surface area contributed by atoms with Crippen LogP contribution in [0.3, 0.4) is 0 Å². The molecule has 0 bridgehead atoms. The van der Waals surface area contributed by atoms with Crippen LogP contribution in [-0.2, 0) is 9.59 Å². The van der Waals surface area contributed by atoms with Crippen molar-refractivity contribution in [2.45, 2.75) is 13.0 Å². The Kier molecular flexibility index (Phi) is 5.57. The summed E-state index contributed by atoms with van der Waals surface area (Å²) in [6, 6.07) is 14.9. The number of carbonyl (C=O) groups is 2. The molecule has 0 aromatic heterocycles. The average molecular weight is 367 g/mol. The molecule has 0 radical (unpaired) electrons. The molecule has 2 aromatic rings. The molecule has 1 unspecified atom stereocenters.